The molecule has 1 atom stereocenters. The van der Waals surface area contributed by atoms with E-state index >= 15 is 0 Å². The summed E-state index contributed by atoms with van der Waals surface area (Å²) in [6.07, 6.45) is 3.12. The van der Waals surface area contributed by atoms with E-state index in [9.17, 15) is 9.59 Å². The van der Waals surface area contributed by atoms with Gasteiger partial charge >= 0.3 is 0 Å². The van der Waals surface area contributed by atoms with Gasteiger partial charge in [-0.25, -0.2) is 0 Å². The fraction of sp³-hybridized carbons (Fsp3) is 0.0952. The lowest BCUT2D eigenvalue weighted by Crippen LogP contribution is -2.26. The van der Waals surface area contributed by atoms with Crippen LogP contribution in [0.3, 0.4) is 0 Å². The molecule has 0 fully saturated rings. The summed E-state index contributed by atoms with van der Waals surface area (Å²) in [7, 11) is 0. The zero-order valence-corrected chi connectivity index (χ0v) is 14.3. The Balaban J connectivity index is 1.68. The van der Waals surface area contributed by atoms with Crippen LogP contribution in [0.25, 0.3) is 0 Å². The van der Waals surface area contributed by atoms with E-state index in [-0.39, 0.29) is 17.9 Å². The van der Waals surface area contributed by atoms with Crippen molar-refractivity contribution in [3.8, 4) is 0 Å². The van der Waals surface area contributed by atoms with Gasteiger partial charge in [-0.3, -0.25) is 14.6 Å². The number of pyridine rings is 1. The Kier molecular flexibility index (Phi) is 5.39. The molecule has 1 unspecified atom stereocenters. The van der Waals surface area contributed by atoms with Crippen LogP contribution in [-0.2, 0) is 0 Å². The summed E-state index contributed by atoms with van der Waals surface area (Å²) in [4.78, 5) is 28.6. The van der Waals surface area contributed by atoms with Gasteiger partial charge in [-0.15, -0.1) is 0 Å². The number of nitrogens with zero attached hydrogens (tertiary/aromatic N) is 1. The van der Waals surface area contributed by atoms with Gasteiger partial charge in [-0.1, -0.05) is 36.4 Å². The second-order valence-corrected chi connectivity index (χ2v) is 5.88. The Bertz CT molecular complexity index is 895. The van der Waals surface area contributed by atoms with Crippen LogP contribution >= 0.6 is 0 Å². The van der Waals surface area contributed by atoms with Gasteiger partial charge in [-0.05, 0) is 42.8 Å². The molecular formula is C21H19N3O2. The molecule has 3 aromatic rings. The highest BCUT2D eigenvalue weighted by molar-refractivity contribution is 6.05. The first kappa shape index (κ1) is 17.4. The molecule has 1 heterocycles. The molecule has 5 nitrogen and oxygen atoms in total. The van der Waals surface area contributed by atoms with Gasteiger partial charge < -0.3 is 10.6 Å². The third-order valence-corrected chi connectivity index (χ3v) is 3.97. The maximum Gasteiger partial charge on any atom is 0.255 e. The van der Waals surface area contributed by atoms with Crippen LogP contribution in [-0.4, -0.2) is 16.8 Å². The second-order valence-electron chi connectivity index (χ2n) is 5.88. The largest absolute Gasteiger partial charge is 0.346 e. The van der Waals surface area contributed by atoms with Crippen LogP contribution in [0, 0.1) is 0 Å². The molecular weight excluding hydrogens is 326 g/mol. The van der Waals surface area contributed by atoms with E-state index < -0.39 is 0 Å². The third-order valence-electron chi connectivity index (χ3n) is 3.97. The quantitative estimate of drug-likeness (QED) is 0.738. The molecule has 0 saturated carbocycles. The Morgan fingerprint density at radius 3 is 2.31 bits per heavy atom. The summed E-state index contributed by atoms with van der Waals surface area (Å²) in [5, 5.41) is 5.76. The molecule has 5 heteroatoms. The monoisotopic (exact) mass is 345 g/mol. The van der Waals surface area contributed by atoms with E-state index in [1.54, 1.807) is 48.8 Å². The number of hydrogen-bond donors (Lipinski definition) is 2. The van der Waals surface area contributed by atoms with Gasteiger partial charge in [0.25, 0.3) is 11.8 Å². The Morgan fingerprint density at radius 2 is 1.58 bits per heavy atom. The molecule has 2 amide bonds. The highest BCUT2D eigenvalue weighted by Gasteiger charge is 2.12. The van der Waals surface area contributed by atoms with Crippen LogP contribution in [0.4, 0.5) is 5.69 Å². The van der Waals surface area contributed by atoms with Crippen molar-refractivity contribution in [1.82, 2.24) is 10.3 Å². The minimum atomic E-state index is -0.248. The Labute approximate surface area is 152 Å². The number of carbonyl (C=O) groups excluding carboxylic acids is 2. The first-order chi connectivity index (χ1) is 12.6. The number of anilines is 1. The first-order valence-electron chi connectivity index (χ1n) is 8.31. The molecule has 0 aliphatic carbocycles. The van der Waals surface area contributed by atoms with Crippen molar-refractivity contribution in [2.75, 3.05) is 5.32 Å². The van der Waals surface area contributed by atoms with Gasteiger partial charge in [-0.2, -0.15) is 0 Å². The molecule has 0 aliphatic rings. The maximum absolute atomic E-state index is 12.5. The van der Waals surface area contributed by atoms with Crippen molar-refractivity contribution >= 4 is 17.5 Å². The van der Waals surface area contributed by atoms with E-state index in [1.807, 2.05) is 37.3 Å². The van der Waals surface area contributed by atoms with E-state index in [1.165, 1.54) is 0 Å². The SMILES string of the molecule is CC(NC(=O)c1cccc(NC(=O)c2ccncc2)c1)c1ccccc1. The molecule has 2 aromatic carbocycles. The van der Waals surface area contributed by atoms with Crippen LogP contribution in [0.5, 0.6) is 0 Å². The van der Waals surface area contributed by atoms with E-state index in [2.05, 4.69) is 15.6 Å². The molecule has 1 aromatic heterocycles. The number of rotatable bonds is 5. The topological polar surface area (TPSA) is 71.1 Å². The van der Waals surface area contributed by atoms with Crippen molar-refractivity contribution in [3.63, 3.8) is 0 Å². The number of hydrogen-bond acceptors (Lipinski definition) is 3. The lowest BCUT2D eigenvalue weighted by molar-refractivity contribution is 0.0938. The molecule has 0 saturated heterocycles. The van der Waals surface area contributed by atoms with Crippen molar-refractivity contribution < 1.29 is 9.59 Å². The zero-order valence-electron chi connectivity index (χ0n) is 14.3. The van der Waals surface area contributed by atoms with E-state index in [0.29, 0.717) is 16.8 Å². The van der Waals surface area contributed by atoms with Crippen LogP contribution < -0.4 is 10.6 Å². The molecule has 3 rings (SSSR count). The zero-order chi connectivity index (χ0) is 18.4. The average molecular weight is 345 g/mol. The summed E-state index contributed by atoms with van der Waals surface area (Å²) < 4.78 is 0. The summed E-state index contributed by atoms with van der Waals surface area (Å²) >= 11 is 0. The minimum Gasteiger partial charge on any atom is -0.346 e. The number of benzene rings is 2. The normalized spacial score (nSPS) is 11.4. The lowest BCUT2D eigenvalue weighted by Gasteiger charge is -2.15. The lowest BCUT2D eigenvalue weighted by atomic mass is 10.1. The number of aromatic nitrogens is 1. The summed E-state index contributed by atoms with van der Waals surface area (Å²) in [5.41, 5.74) is 2.59. The van der Waals surface area contributed by atoms with Crippen molar-refractivity contribution in [2.45, 2.75) is 13.0 Å². The van der Waals surface area contributed by atoms with Gasteiger partial charge in [0.05, 0.1) is 6.04 Å². The second kappa shape index (κ2) is 8.07. The molecule has 26 heavy (non-hydrogen) atoms. The van der Waals surface area contributed by atoms with Crippen LogP contribution in [0.2, 0.25) is 0 Å². The molecule has 0 spiro atoms. The van der Waals surface area contributed by atoms with Gasteiger partial charge in [0, 0.05) is 29.2 Å². The molecule has 0 aliphatic heterocycles. The highest BCUT2D eigenvalue weighted by Crippen LogP contribution is 2.15. The van der Waals surface area contributed by atoms with Gasteiger partial charge in [0.1, 0.15) is 0 Å². The standard InChI is InChI=1S/C21H19N3O2/c1-15(16-6-3-2-4-7-16)23-21(26)18-8-5-9-19(14-18)24-20(25)17-10-12-22-13-11-17/h2-15H,1H3,(H,23,26)(H,24,25). The molecule has 0 radical (unpaired) electrons. The van der Waals surface area contributed by atoms with Crippen LogP contribution in [0.1, 0.15) is 39.2 Å². The predicted molar refractivity (Wildman–Crippen MR) is 101 cm³/mol. The molecule has 0 bridgehead atoms. The average Bonchev–Trinajstić information content (AvgIpc) is 2.69. The van der Waals surface area contributed by atoms with Gasteiger partial charge in [0.2, 0.25) is 0 Å². The van der Waals surface area contributed by atoms with Crippen LogP contribution in [0.15, 0.2) is 79.1 Å². The summed E-state index contributed by atoms with van der Waals surface area (Å²) in [5.74, 6) is -0.441. The van der Waals surface area contributed by atoms with Crippen molar-refractivity contribution in [2.24, 2.45) is 0 Å². The van der Waals surface area contributed by atoms with Crippen molar-refractivity contribution in [1.29, 1.82) is 0 Å². The maximum atomic E-state index is 12.5. The first-order valence-corrected chi connectivity index (χ1v) is 8.31. The minimum absolute atomic E-state index is 0.112. The van der Waals surface area contributed by atoms with Crippen molar-refractivity contribution in [3.05, 3.63) is 95.8 Å². The van der Waals surface area contributed by atoms with E-state index in [0.717, 1.165) is 5.56 Å². The molecule has 2 N–H and O–H groups in total. The third kappa shape index (κ3) is 4.33. The number of amides is 2. The number of nitrogens with one attached hydrogen (secondary N) is 2. The fourth-order valence-electron chi connectivity index (χ4n) is 2.55. The van der Waals surface area contributed by atoms with E-state index in [4.69, 9.17) is 0 Å². The fourth-order valence-corrected chi connectivity index (χ4v) is 2.55. The highest BCUT2D eigenvalue weighted by atomic mass is 16.2. The Hall–Kier alpha value is -3.47. The Morgan fingerprint density at radius 1 is 0.846 bits per heavy atom. The van der Waals surface area contributed by atoms with Gasteiger partial charge in [0.15, 0.2) is 0 Å². The number of carbonyl (C=O) groups is 2. The summed E-state index contributed by atoms with van der Waals surface area (Å²) in [6.45, 7) is 1.93. The predicted octanol–water partition coefficient (Wildman–Crippen LogP) is 3.82. The molecule has 130 valence electrons. The smallest absolute Gasteiger partial charge is 0.255 e. The summed E-state index contributed by atoms with van der Waals surface area (Å²) in [6, 6.07) is 19.8.